The highest BCUT2D eigenvalue weighted by Gasteiger charge is 2.16. The number of hydrogen-bond donors (Lipinski definition) is 7. The second-order valence-electron chi connectivity index (χ2n) is 25.6. The molecule has 1 heterocycles. The molecule has 4 aromatic rings. The van der Waals surface area contributed by atoms with E-state index in [4.69, 9.17) is 104 Å². The smallest absolute Gasteiger partial charge is 0.311 e. The Morgan fingerprint density at radius 2 is 0.784 bits per heavy atom. The first-order valence-electron chi connectivity index (χ1n) is 40.8. The normalized spacial score (nSPS) is 11.4. The van der Waals surface area contributed by atoms with Crippen LogP contribution in [0.15, 0.2) is 107 Å². The third kappa shape index (κ3) is 63.7. The summed E-state index contributed by atoms with van der Waals surface area (Å²) < 4.78 is 96.0. The number of terminal acetylenes is 1. The number of esters is 2. The fourth-order valence-corrected chi connectivity index (χ4v) is 9.66. The van der Waals surface area contributed by atoms with Gasteiger partial charge in [-0.15, -0.1) is 12.8 Å². The van der Waals surface area contributed by atoms with Gasteiger partial charge in [-0.3, -0.25) is 38.4 Å². The number of nitrogens with two attached hydrogens (primary N) is 1. The number of aliphatic carboxylic acids is 1. The number of aromatic hydroxyl groups is 2. The SMILES string of the molecule is C1CCOC1.COc1cc(/C=C\C(=O)CC(=O)/C=C\c2ccc(O)c(CO)c2)ccc1OC(=O)CCCC(=O)NCCOCCOCCOCCOCCOCCOCCN=[N+]=[N-].COc1cc(/C=C\C(=O)CC(=O)/C=C\c2ccc(O)c(CO)c2)ccc1OC(=O)CCCC(=O)O.[2H]C#C.[N-]=[N+]=NCCCOCCOCCOCCOCCOCCOCCN. The number of hydrogen-bond acceptors (Lipinski definition) is 32. The second-order valence-corrected chi connectivity index (χ2v) is 25.6. The standard InChI is InChI=1S/C40H54N4O14.C26H26O9.C15H32N4O6.C4H8O.C2H2/c1-51-38-28-32(6-10-35(47)29-34(46)9-5-31-7-11-36(48)33(27-31)30-45)8-12-37(38)58-40(50)4-2-3-39(49)42-13-15-52-17-19-54-21-23-56-25-26-57-24-22-55-20-18-53-16-14-43-44-41;1-34-24-14-18(8-12-23(24)35-26(33)4-2-3-25(31)32)6-10-21(29)15-20(28)9-5-17-7-11-22(30)19(13-17)16-27;16-2-5-21-7-9-23-11-13-25-15-14-24-12-10-22-8-6-20-4-1-3-18-19-17;1-2-4-5-3-1;1-2/h5-12,27-28,45,48H,2-4,13-26,29-30H2,1H3,(H,42,49);5-14,27,30H,2-4,15-16H2,1H3,(H,31,32);1-16H2;1-4H2;1-2H/b2*9-5-,10-6-;;;/i;;;;1D. The molecule has 0 bridgehead atoms. The summed E-state index contributed by atoms with van der Waals surface area (Å²) in [5, 5.41) is 55.8. The Hall–Kier alpha value is -10.9. The Balaban J connectivity index is 0.000000982. The summed E-state index contributed by atoms with van der Waals surface area (Å²) in [6.45, 7) is 14.2. The maximum atomic E-state index is 12.4. The number of aliphatic hydroxyl groups is 2. The molecule has 0 atom stereocenters. The van der Waals surface area contributed by atoms with Gasteiger partial charge in [0.1, 0.15) is 12.9 Å². The molecule has 1 saturated heterocycles. The van der Waals surface area contributed by atoms with E-state index < -0.39 is 41.0 Å². The van der Waals surface area contributed by atoms with Crippen LogP contribution in [0.4, 0.5) is 0 Å². The monoisotopic (exact) mass is 1760 g/mol. The van der Waals surface area contributed by atoms with E-state index in [0.29, 0.717) is 218 Å². The molecule has 0 spiro atoms. The molecule has 38 nitrogen and oxygen atoms in total. The Morgan fingerprint density at radius 3 is 1.12 bits per heavy atom. The van der Waals surface area contributed by atoms with Gasteiger partial charge in [-0.1, -0.05) is 58.8 Å². The number of phenols is 2. The molecule has 0 radical (unpaired) electrons. The lowest BCUT2D eigenvalue weighted by atomic mass is 10.1. The van der Waals surface area contributed by atoms with E-state index in [0.717, 1.165) is 19.6 Å². The molecule has 1 amide bonds. The summed E-state index contributed by atoms with van der Waals surface area (Å²) in [5.74, 6) is -3.28. The number of carbonyl (C=O) groups is 8. The van der Waals surface area contributed by atoms with Crippen LogP contribution < -0.4 is 30.0 Å². The van der Waals surface area contributed by atoms with Gasteiger partial charge in [-0.05, 0) is 138 Å². The number of benzene rings is 4. The highest BCUT2D eigenvalue weighted by molar-refractivity contribution is 6.11. The molecular formula is C87H122N8O30. The minimum atomic E-state index is -0.993. The zero-order chi connectivity index (χ0) is 92.4. The molecule has 1 fully saturated rings. The van der Waals surface area contributed by atoms with E-state index in [9.17, 15) is 58.8 Å². The predicted molar refractivity (Wildman–Crippen MR) is 461 cm³/mol. The molecule has 0 unspecified atom stereocenters. The zero-order valence-electron chi connectivity index (χ0n) is 72.2. The second kappa shape index (κ2) is 79.1. The van der Waals surface area contributed by atoms with Crippen LogP contribution in [0.5, 0.6) is 34.5 Å². The van der Waals surface area contributed by atoms with Gasteiger partial charge in [0.2, 0.25) is 5.91 Å². The maximum Gasteiger partial charge on any atom is 0.311 e. The topological polar surface area (TPSA) is 530 Å². The van der Waals surface area contributed by atoms with Crippen LogP contribution in [0.1, 0.15) is 105 Å². The average Bonchev–Trinajstić information content (AvgIpc) is 0.927. The molecule has 1 aliphatic heterocycles. The van der Waals surface area contributed by atoms with Crippen molar-refractivity contribution in [3.63, 3.8) is 0 Å². The highest BCUT2D eigenvalue weighted by Crippen LogP contribution is 2.31. The van der Waals surface area contributed by atoms with E-state index >= 15 is 0 Å². The van der Waals surface area contributed by atoms with Crippen LogP contribution in [0.2, 0.25) is 0 Å². The Kier molecular flexibility index (Phi) is 69.7. The first-order valence-corrected chi connectivity index (χ1v) is 40.3. The third-order valence-electron chi connectivity index (χ3n) is 15.9. The molecule has 690 valence electrons. The van der Waals surface area contributed by atoms with E-state index in [2.05, 4.69) is 31.8 Å². The summed E-state index contributed by atoms with van der Waals surface area (Å²) >= 11 is 0. The van der Waals surface area contributed by atoms with Crippen LogP contribution in [0.3, 0.4) is 0 Å². The number of amides is 1. The number of aliphatic hydroxyl groups excluding tert-OH is 2. The molecule has 0 aromatic heterocycles. The van der Waals surface area contributed by atoms with Gasteiger partial charge in [0, 0.05) is 92.6 Å². The van der Waals surface area contributed by atoms with Crippen molar-refractivity contribution in [3.05, 3.63) is 151 Å². The number of nitrogens with zero attached hydrogens (tertiary/aromatic N) is 6. The number of allylic oxidation sites excluding steroid dienone is 4. The largest absolute Gasteiger partial charge is 0.508 e. The van der Waals surface area contributed by atoms with Crippen LogP contribution in [0.25, 0.3) is 45.2 Å². The lowest BCUT2D eigenvalue weighted by molar-refractivity contribution is -0.138. The fraction of sp³-hybridized carbons (Fsp3) is 0.517. The molecule has 0 aliphatic carbocycles. The number of carboxylic acids is 1. The maximum absolute atomic E-state index is 12.4. The summed E-state index contributed by atoms with van der Waals surface area (Å²) in [4.78, 5) is 101. The molecular weight excluding hydrogens is 1640 g/mol. The van der Waals surface area contributed by atoms with Crippen LogP contribution in [0, 0.1) is 12.8 Å². The van der Waals surface area contributed by atoms with Crippen LogP contribution in [-0.2, 0) is 113 Å². The lowest BCUT2D eigenvalue weighted by Gasteiger charge is -2.10. The third-order valence-corrected chi connectivity index (χ3v) is 15.9. The number of carbonyl (C=O) groups excluding carboxylic acids is 7. The fourth-order valence-electron chi connectivity index (χ4n) is 9.66. The van der Waals surface area contributed by atoms with Crippen LogP contribution in [-0.4, -0.2) is 285 Å². The van der Waals surface area contributed by atoms with Crippen LogP contribution >= 0.6 is 0 Å². The number of azide groups is 2. The van der Waals surface area contributed by atoms with Crippen molar-refractivity contribution in [3.8, 4) is 47.3 Å². The number of nitrogens with one attached hydrogen (secondary N) is 1. The Bertz CT molecular complexity index is 3970. The van der Waals surface area contributed by atoms with Crippen molar-refractivity contribution >= 4 is 71.3 Å². The van der Waals surface area contributed by atoms with Crippen molar-refractivity contribution in [2.45, 2.75) is 83.8 Å². The van der Waals surface area contributed by atoms with Crippen molar-refractivity contribution in [2.24, 2.45) is 16.0 Å². The molecule has 5 rings (SSSR count). The molecule has 1 aliphatic rings. The van der Waals surface area contributed by atoms with Gasteiger partial charge < -0.3 is 117 Å². The summed E-state index contributed by atoms with van der Waals surface area (Å²) in [6, 6.07) is 18.4. The highest BCUT2D eigenvalue weighted by atomic mass is 16.6. The quantitative estimate of drug-likeness (QED) is 0.00250. The van der Waals surface area contributed by atoms with Crippen molar-refractivity contribution in [1.29, 1.82) is 0 Å². The summed E-state index contributed by atoms with van der Waals surface area (Å²) in [6.07, 6.45) is 19.7. The average molecular weight is 1760 g/mol. The van der Waals surface area contributed by atoms with Gasteiger partial charge in [-0.25, -0.2) is 0 Å². The number of ether oxygens (including phenoxy) is 17. The number of methoxy groups -OCH3 is 2. The van der Waals surface area contributed by atoms with Crippen molar-refractivity contribution < 1.29 is 146 Å². The van der Waals surface area contributed by atoms with Gasteiger partial charge >= 0.3 is 17.9 Å². The zero-order valence-corrected chi connectivity index (χ0v) is 71.2. The Morgan fingerprint density at radius 1 is 0.456 bits per heavy atom. The van der Waals surface area contributed by atoms with Gasteiger partial charge in [0.25, 0.3) is 0 Å². The summed E-state index contributed by atoms with van der Waals surface area (Å²) in [5.41, 5.74) is 24.5. The van der Waals surface area contributed by atoms with E-state index in [1.165, 1.54) is 118 Å². The predicted octanol–water partition coefficient (Wildman–Crippen LogP) is 8.85. The molecule has 8 N–H and O–H groups in total. The van der Waals surface area contributed by atoms with Crippen molar-refractivity contribution in [2.75, 3.05) is 212 Å². The first kappa shape index (κ1) is 110. The van der Waals surface area contributed by atoms with Crippen molar-refractivity contribution in [1.82, 2.24) is 5.32 Å². The van der Waals surface area contributed by atoms with E-state index in [1.807, 2.05) is 0 Å². The summed E-state index contributed by atoms with van der Waals surface area (Å²) in [7, 11) is 2.79. The number of ketones is 4. The molecule has 38 heteroatoms. The van der Waals surface area contributed by atoms with Gasteiger partial charge in [0.05, 0.1) is 192 Å². The number of rotatable bonds is 68. The minimum Gasteiger partial charge on any atom is -0.508 e. The molecule has 4 aromatic carbocycles. The van der Waals surface area contributed by atoms with E-state index in [1.54, 1.807) is 36.4 Å². The molecule has 0 saturated carbocycles. The molecule has 125 heavy (non-hydrogen) atoms. The van der Waals surface area contributed by atoms with Gasteiger partial charge in [-0.2, -0.15) is 0 Å². The van der Waals surface area contributed by atoms with E-state index in [-0.39, 0.29) is 105 Å². The van der Waals surface area contributed by atoms with Gasteiger partial charge in [0.15, 0.2) is 46.1 Å². The number of carboxylic acid groups (broad SMARTS) is 1. The minimum absolute atomic E-state index is 0.00414. The Labute approximate surface area is 730 Å². The lowest BCUT2D eigenvalue weighted by Crippen LogP contribution is -2.27. The first-order chi connectivity index (χ1) is 61.3.